The number of para-hydroxylation sites is 1. The summed E-state index contributed by atoms with van der Waals surface area (Å²) in [5.74, 6) is -0.775. The molecule has 0 radical (unpaired) electrons. The number of nitrogens with zero attached hydrogens (tertiary/aromatic N) is 2. The van der Waals surface area contributed by atoms with Gasteiger partial charge in [0, 0.05) is 17.9 Å². The van der Waals surface area contributed by atoms with Crippen molar-refractivity contribution >= 4 is 46.4 Å². The number of esters is 1. The first-order chi connectivity index (χ1) is 22.9. The summed E-state index contributed by atoms with van der Waals surface area (Å²) in [6.45, 7) is 7.49. The van der Waals surface area contributed by atoms with E-state index in [1.165, 1.54) is 12.0 Å². The Kier molecular flexibility index (Phi) is 12.9. The van der Waals surface area contributed by atoms with Crippen molar-refractivity contribution in [1.29, 1.82) is 0 Å². The van der Waals surface area contributed by atoms with E-state index in [9.17, 15) is 19.2 Å². The van der Waals surface area contributed by atoms with Crippen LogP contribution in [0, 0.1) is 0 Å². The SMILES string of the molecule is CCOc1cc(OC2CC3C(=O)NC(C(=O)OC)CCC=CCCCCCC(NC(=O)OC(C)(C)C)C(=O)N3C2)c2cccc(Cl)c2n1. The lowest BCUT2D eigenvalue weighted by Gasteiger charge is -2.30. The Balaban J connectivity index is 1.68. The number of rotatable bonds is 6. The van der Waals surface area contributed by atoms with Gasteiger partial charge in [-0.05, 0) is 71.9 Å². The van der Waals surface area contributed by atoms with E-state index in [4.69, 9.17) is 30.5 Å². The minimum absolute atomic E-state index is 0.0450. The molecule has 2 N–H and O–H groups in total. The number of benzene rings is 1. The van der Waals surface area contributed by atoms with Crippen LogP contribution in [0.3, 0.4) is 0 Å². The molecule has 0 saturated carbocycles. The Morgan fingerprint density at radius 2 is 1.88 bits per heavy atom. The quantitative estimate of drug-likeness (QED) is 0.298. The molecule has 4 unspecified atom stereocenters. The van der Waals surface area contributed by atoms with Gasteiger partial charge in [-0.2, -0.15) is 0 Å². The van der Waals surface area contributed by atoms with Gasteiger partial charge in [-0.1, -0.05) is 42.7 Å². The van der Waals surface area contributed by atoms with Crippen LogP contribution in [0.25, 0.3) is 10.9 Å². The first-order valence-corrected chi connectivity index (χ1v) is 17.0. The third-order valence-electron chi connectivity index (χ3n) is 8.11. The highest BCUT2D eigenvalue weighted by atomic mass is 35.5. The van der Waals surface area contributed by atoms with Crippen molar-refractivity contribution in [3.63, 3.8) is 0 Å². The van der Waals surface area contributed by atoms with E-state index in [-0.39, 0.29) is 13.0 Å². The fraction of sp³-hybridized carbons (Fsp3) is 0.571. The molecule has 1 aromatic heterocycles. The number of aromatic nitrogens is 1. The Bertz CT molecular complexity index is 1490. The van der Waals surface area contributed by atoms with Crippen LogP contribution in [0.2, 0.25) is 5.02 Å². The molecular formula is C35H47ClN4O8. The molecule has 48 heavy (non-hydrogen) atoms. The average Bonchev–Trinajstić information content (AvgIpc) is 3.45. The van der Waals surface area contributed by atoms with Crippen LogP contribution in [0.15, 0.2) is 36.4 Å². The van der Waals surface area contributed by atoms with Crippen LogP contribution >= 0.6 is 11.6 Å². The van der Waals surface area contributed by atoms with Crippen molar-refractivity contribution in [1.82, 2.24) is 20.5 Å². The molecule has 3 heterocycles. The van der Waals surface area contributed by atoms with Gasteiger partial charge in [0.1, 0.15) is 35.6 Å². The van der Waals surface area contributed by atoms with E-state index in [1.807, 2.05) is 19.1 Å². The molecule has 2 aliphatic heterocycles. The molecule has 1 fully saturated rings. The second kappa shape index (κ2) is 16.9. The van der Waals surface area contributed by atoms with Crippen LogP contribution in [-0.2, 0) is 23.9 Å². The Hall–Kier alpha value is -4.06. The number of carbonyl (C=O) groups is 4. The first kappa shape index (κ1) is 36.8. The van der Waals surface area contributed by atoms with Crippen molar-refractivity contribution in [2.24, 2.45) is 0 Å². The fourth-order valence-electron chi connectivity index (χ4n) is 5.89. The number of fused-ring (bicyclic) bond motifs is 2. The number of amides is 3. The summed E-state index contributed by atoms with van der Waals surface area (Å²) in [7, 11) is 1.27. The highest BCUT2D eigenvalue weighted by Crippen LogP contribution is 2.35. The standard InChI is InChI=1S/C35H47ClN4O8/c1-6-46-29-20-28(23-15-14-16-24(36)30(23)39-29)47-22-19-27-31(41)37-26(33(43)45-5)18-13-11-9-7-8-10-12-17-25(32(42)40(27)21-22)38-34(44)48-35(2,3)4/h9,11,14-16,20,22,25-27H,6-8,10,12-13,17-19,21H2,1-5H3,(H,37,41)(H,38,44). The number of hydrogen-bond donors (Lipinski definition) is 2. The zero-order valence-electron chi connectivity index (χ0n) is 28.4. The second-order valence-electron chi connectivity index (χ2n) is 13.0. The maximum Gasteiger partial charge on any atom is 0.408 e. The number of alkyl carbamates (subject to hydrolysis) is 1. The van der Waals surface area contributed by atoms with Crippen molar-refractivity contribution < 1.29 is 38.1 Å². The van der Waals surface area contributed by atoms with E-state index < -0.39 is 53.7 Å². The molecule has 0 bridgehead atoms. The van der Waals surface area contributed by atoms with Gasteiger partial charge in [0.25, 0.3) is 0 Å². The summed E-state index contributed by atoms with van der Waals surface area (Å²) in [6.07, 6.45) is 7.33. The summed E-state index contributed by atoms with van der Waals surface area (Å²) in [4.78, 5) is 59.8. The molecule has 1 aromatic carbocycles. The minimum atomic E-state index is -0.996. The van der Waals surface area contributed by atoms with Crippen molar-refractivity contribution in [2.75, 3.05) is 20.3 Å². The van der Waals surface area contributed by atoms with Crippen LogP contribution in [0.1, 0.15) is 79.1 Å². The molecule has 2 aromatic rings. The molecule has 1 saturated heterocycles. The maximum atomic E-state index is 14.3. The Morgan fingerprint density at radius 1 is 1.10 bits per heavy atom. The summed E-state index contributed by atoms with van der Waals surface area (Å²) in [6, 6.07) is 4.14. The lowest BCUT2D eigenvalue weighted by Crippen LogP contribution is -2.55. The summed E-state index contributed by atoms with van der Waals surface area (Å²) >= 11 is 6.48. The molecule has 12 nitrogen and oxygen atoms in total. The Morgan fingerprint density at radius 3 is 2.60 bits per heavy atom. The third-order valence-corrected chi connectivity index (χ3v) is 8.41. The lowest BCUT2D eigenvalue weighted by atomic mass is 10.0. The monoisotopic (exact) mass is 686 g/mol. The van der Waals surface area contributed by atoms with E-state index in [0.717, 1.165) is 19.3 Å². The van der Waals surface area contributed by atoms with Gasteiger partial charge in [0.2, 0.25) is 17.7 Å². The van der Waals surface area contributed by atoms with E-state index in [0.29, 0.717) is 59.8 Å². The number of carbonyl (C=O) groups excluding carboxylic acids is 4. The van der Waals surface area contributed by atoms with Gasteiger partial charge < -0.3 is 34.5 Å². The molecule has 4 rings (SSSR count). The van der Waals surface area contributed by atoms with Gasteiger partial charge in [-0.25, -0.2) is 14.6 Å². The summed E-state index contributed by atoms with van der Waals surface area (Å²) < 4.78 is 22.6. The molecule has 4 atom stereocenters. The molecule has 2 aliphatic rings. The lowest BCUT2D eigenvalue weighted by molar-refractivity contribution is -0.146. The average molecular weight is 687 g/mol. The predicted molar refractivity (Wildman–Crippen MR) is 181 cm³/mol. The molecule has 0 aliphatic carbocycles. The topological polar surface area (TPSA) is 145 Å². The first-order valence-electron chi connectivity index (χ1n) is 16.6. The largest absolute Gasteiger partial charge is 0.488 e. The van der Waals surface area contributed by atoms with Gasteiger partial charge in [0.05, 0.1) is 30.8 Å². The summed E-state index contributed by atoms with van der Waals surface area (Å²) in [5, 5.41) is 6.64. The minimum Gasteiger partial charge on any atom is -0.488 e. The normalized spacial score (nSPS) is 22.8. The van der Waals surface area contributed by atoms with Crippen molar-refractivity contribution in [3.8, 4) is 11.6 Å². The van der Waals surface area contributed by atoms with Gasteiger partial charge >= 0.3 is 12.1 Å². The smallest absolute Gasteiger partial charge is 0.408 e. The third kappa shape index (κ3) is 9.98. The molecule has 3 amide bonds. The van der Waals surface area contributed by atoms with Crippen LogP contribution in [0.4, 0.5) is 4.79 Å². The van der Waals surface area contributed by atoms with Crippen LogP contribution in [-0.4, -0.2) is 83.9 Å². The summed E-state index contributed by atoms with van der Waals surface area (Å²) in [5.41, 5.74) is -0.277. The highest BCUT2D eigenvalue weighted by molar-refractivity contribution is 6.35. The molecular weight excluding hydrogens is 640 g/mol. The molecule has 0 spiro atoms. The van der Waals surface area contributed by atoms with Crippen molar-refractivity contribution in [2.45, 2.75) is 109 Å². The number of pyridine rings is 1. The fourth-order valence-corrected chi connectivity index (χ4v) is 6.10. The number of allylic oxidation sites excluding steroid dienone is 2. The van der Waals surface area contributed by atoms with Gasteiger partial charge in [-0.3, -0.25) is 9.59 Å². The number of nitrogens with one attached hydrogen (secondary N) is 2. The second-order valence-corrected chi connectivity index (χ2v) is 13.4. The molecule has 13 heteroatoms. The zero-order valence-corrected chi connectivity index (χ0v) is 29.1. The molecule has 262 valence electrons. The van der Waals surface area contributed by atoms with Gasteiger partial charge in [-0.15, -0.1) is 0 Å². The van der Waals surface area contributed by atoms with Crippen LogP contribution < -0.4 is 20.1 Å². The number of methoxy groups -OCH3 is 1. The van der Waals surface area contributed by atoms with Gasteiger partial charge in [0.15, 0.2) is 0 Å². The number of halogens is 1. The van der Waals surface area contributed by atoms with Crippen molar-refractivity contribution in [3.05, 3.63) is 41.4 Å². The van der Waals surface area contributed by atoms with E-state index >= 15 is 0 Å². The predicted octanol–water partition coefficient (Wildman–Crippen LogP) is 5.49. The highest BCUT2D eigenvalue weighted by Gasteiger charge is 2.44. The van der Waals surface area contributed by atoms with Crippen LogP contribution in [0.5, 0.6) is 11.6 Å². The maximum absolute atomic E-state index is 14.3. The number of hydrogen-bond acceptors (Lipinski definition) is 9. The zero-order chi connectivity index (χ0) is 34.8. The number of ether oxygens (including phenoxy) is 4. The Labute approximate surface area is 286 Å². The van der Waals surface area contributed by atoms with E-state index in [2.05, 4.69) is 21.7 Å². The van der Waals surface area contributed by atoms with E-state index in [1.54, 1.807) is 39.0 Å².